The van der Waals surface area contributed by atoms with Gasteiger partial charge in [-0.05, 0) is 95.1 Å². The lowest BCUT2D eigenvalue weighted by Gasteiger charge is -2.43. The Kier molecular flexibility index (Phi) is 5.11. The van der Waals surface area contributed by atoms with Crippen molar-refractivity contribution in [3.05, 3.63) is 131 Å². The Morgan fingerprint density at radius 1 is 0.425 bits per heavy atom. The van der Waals surface area contributed by atoms with E-state index < -0.39 is 0 Å². The van der Waals surface area contributed by atoms with E-state index in [-0.39, 0.29) is 10.8 Å². The van der Waals surface area contributed by atoms with E-state index in [0.717, 1.165) is 34.1 Å². The highest BCUT2D eigenvalue weighted by Crippen LogP contribution is 2.54. The number of nitrogen functional groups attached to an aromatic ring is 2. The van der Waals surface area contributed by atoms with Crippen molar-refractivity contribution in [1.82, 2.24) is 0 Å². The summed E-state index contributed by atoms with van der Waals surface area (Å²) in [5, 5.41) is 0. The minimum absolute atomic E-state index is 0.0820. The van der Waals surface area contributed by atoms with Crippen LogP contribution in [0.3, 0.4) is 0 Å². The molecule has 0 aliphatic carbocycles. The van der Waals surface area contributed by atoms with Crippen LogP contribution in [0.1, 0.15) is 49.9 Å². The molecule has 2 aliphatic rings. The second-order valence-electron chi connectivity index (χ2n) is 12.0. The average molecular weight is 523 g/mol. The van der Waals surface area contributed by atoms with Crippen LogP contribution in [-0.2, 0) is 10.8 Å². The number of hydrogen-bond acceptors (Lipinski definition) is 4. The molecule has 7 rings (SSSR count). The van der Waals surface area contributed by atoms with E-state index in [4.69, 9.17) is 11.5 Å². The van der Waals surface area contributed by atoms with Crippen LogP contribution in [0, 0.1) is 0 Å². The highest BCUT2D eigenvalue weighted by atomic mass is 15.2. The van der Waals surface area contributed by atoms with Gasteiger partial charge >= 0.3 is 0 Å². The third kappa shape index (κ3) is 3.39. The first kappa shape index (κ1) is 24.3. The zero-order valence-electron chi connectivity index (χ0n) is 23.4. The smallest absolute Gasteiger partial charge is 0.0504 e. The van der Waals surface area contributed by atoms with Gasteiger partial charge in [-0.3, -0.25) is 0 Å². The van der Waals surface area contributed by atoms with Crippen LogP contribution in [0.25, 0.3) is 0 Å². The van der Waals surface area contributed by atoms with Gasteiger partial charge in [-0.25, -0.2) is 0 Å². The molecule has 198 valence electrons. The lowest BCUT2D eigenvalue weighted by atomic mass is 9.73. The first-order valence-electron chi connectivity index (χ1n) is 13.9. The van der Waals surface area contributed by atoms with E-state index in [1.54, 1.807) is 0 Å². The molecule has 0 unspecified atom stereocenters. The fourth-order valence-electron chi connectivity index (χ4n) is 6.75. The van der Waals surface area contributed by atoms with E-state index in [9.17, 15) is 0 Å². The normalized spacial score (nSPS) is 16.0. The molecule has 0 aromatic heterocycles. The summed E-state index contributed by atoms with van der Waals surface area (Å²) in [6.45, 7) is 9.13. The van der Waals surface area contributed by atoms with Gasteiger partial charge in [0.15, 0.2) is 0 Å². The Morgan fingerprint density at radius 3 is 1.20 bits per heavy atom. The van der Waals surface area contributed by atoms with Crippen molar-refractivity contribution in [3.63, 3.8) is 0 Å². The number of benzene rings is 5. The Morgan fingerprint density at radius 2 is 0.775 bits per heavy atom. The zero-order valence-corrected chi connectivity index (χ0v) is 23.4. The van der Waals surface area contributed by atoms with E-state index in [2.05, 4.69) is 135 Å². The van der Waals surface area contributed by atoms with Crippen molar-refractivity contribution < 1.29 is 0 Å². The highest BCUT2D eigenvalue weighted by molar-refractivity contribution is 5.90. The summed E-state index contributed by atoms with van der Waals surface area (Å²) in [5.41, 5.74) is 25.8. The van der Waals surface area contributed by atoms with Gasteiger partial charge in [-0.1, -0.05) is 64.1 Å². The SMILES string of the molecule is CC1(C)c2ccccc2N(c2ccc(N3c4ccc(N)cc4C(C)(C)c4cc(N)ccc43)cc2)c2ccccc21. The maximum absolute atomic E-state index is 6.29. The summed E-state index contributed by atoms with van der Waals surface area (Å²) in [6.07, 6.45) is 0. The van der Waals surface area contributed by atoms with Gasteiger partial charge in [0.2, 0.25) is 0 Å². The summed E-state index contributed by atoms with van der Waals surface area (Å²) in [5.74, 6) is 0. The lowest BCUT2D eigenvalue weighted by Crippen LogP contribution is -2.31. The molecule has 2 aliphatic heterocycles. The van der Waals surface area contributed by atoms with E-state index in [0.29, 0.717) is 0 Å². The topological polar surface area (TPSA) is 58.5 Å². The van der Waals surface area contributed by atoms with Crippen LogP contribution in [0.5, 0.6) is 0 Å². The van der Waals surface area contributed by atoms with Crippen LogP contribution >= 0.6 is 0 Å². The molecular formula is C36H34N4. The third-order valence-electron chi connectivity index (χ3n) is 8.87. The Labute approximate surface area is 236 Å². The molecule has 0 radical (unpaired) electrons. The van der Waals surface area contributed by atoms with E-state index in [1.165, 1.54) is 33.6 Å². The maximum Gasteiger partial charge on any atom is 0.0504 e. The second-order valence-corrected chi connectivity index (χ2v) is 12.0. The maximum atomic E-state index is 6.29. The van der Waals surface area contributed by atoms with Crippen LogP contribution in [-0.4, -0.2) is 0 Å². The Balaban J connectivity index is 1.38. The number of para-hydroxylation sites is 2. The minimum Gasteiger partial charge on any atom is -0.399 e. The molecule has 4 N–H and O–H groups in total. The monoisotopic (exact) mass is 522 g/mol. The summed E-state index contributed by atoms with van der Waals surface area (Å²) < 4.78 is 0. The van der Waals surface area contributed by atoms with Crippen molar-refractivity contribution in [2.45, 2.75) is 38.5 Å². The number of hydrogen-bond donors (Lipinski definition) is 2. The summed E-state index contributed by atoms with van der Waals surface area (Å²) in [7, 11) is 0. The fraction of sp³-hybridized carbons (Fsp3) is 0.167. The molecule has 0 bridgehead atoms. The molecule has 0 atom stereocenters. The third-order valence-corrected chi connectivity index (χ3v) is 8.87. The molecule has 0 saturated heterocycles. The average Bonchev–Trinajstić information content (AvgIpc) is 2.95. The van der Waals surface area contributed by atoms with E-state index >= 15 is 0 Å². The number of nitrogens with zero attached hydrogens (tertiary/aromatic N) is 2. The van der Waals surface area contributed by atoms with Crippen molar-refractivity contribution in [2.75, 3.05) is 21.3 Å². The van der Waals surface area contributed by atoms with Crippen molar-refractivity contribution >= 4 is 45.5 Å². The van der Waals surface area contributed by atoms with Gasteiger partial charge < -0.3 is 21.3 Å². The number of anilines is 8. The van der Waals surface area contributed by atoms with Gasteiger partial charge in [0.25, 0.3) is 0 Å². The van der Waals surface area contributed by atoms with Crippen molar-refractivity contribution in [2.24, 2.45) is 0 Å². The van der Waals surface area contributed by atoms with Gasteiger partial charge in [0.1, 0.15) is 0 Å². The molecule has 4 heteroatoms. The molecule has 5 aromatic carbocycles. The first-order valence-corrected chi connectivity index (χ1v) is 13.9. The zero-order chi connectivity index (χ0) is 27.8. The predicted octanol–water partition coefficient (Wildman–Crippen LogP) is 9.07. The predicted molar refractivity (Wildman–Crippen MR) is 169 cm³/mol. The quantitative estimate of drug-likeness (QED) is 0.227. The molecule has 2 heterocycles. The molecule has 0 spiro atoms. The Hall–Kier alpha value is -4.70. The molecule has 0 amide bonds. The molecule has 0 fully saturated rings. The fourth-order valence-corrected chi connectivity index (χ4v) is 6.75. The van der Waals surface area contributed by atoms with Crippen LogP contribution in [0.15, 0.2) is 109 Å². The van der Waals surface area contributed by atoms with Crippen molar-refractivity contribution in [1.29, 1.82) is 0 Å². The van der Waals surface area contributed by atoms with Crippen LogP contribution < -0.4 is 21.3 Å². The summed E-state index contributed by atoms with van der Waals surface area (Å²) in [6, 6.07) is 38.9. The highest BCUT2D eigenvalue weighted by Gasteiger charge is 2.38. The minimum atomic E-state index is -0.236. The molecule has 40 heavy (non-hydrogen) atoms. The van der Waals surface area contributed by atoms with Crippen molar-refractivity contribution in [3.8, 4) is 0 Å². The molecule has 0 saturated carbocycles. The number of rotatable bonds is 2. The van der Waals surface area contributed by atoms with Crippen LogP contribution in [0.4, 0.5) is 45.5 Å². The second kappa shape index (κ2) is 8.40. The molecule has 5 aromatic rings. The largest absolute Gasteiger partial charge is 0.399 e. The first-order chi connectivity index (χ1) is 19.2. The lowest BCUT2D eigenvalue weighted by molar-refractivity contribution is 0.631. The Bertz CT molecular complexity index is 1680. The number of nitrogens with two attached hydrogens (primary N) is 2. The van der Waals surface area contributed by atoms with Gasteiger partial charge in [-0.2, -0.15) is 0 Å². The summed E-state index contributed by atoms with van der Waals surface area (Å²) >= 11 is 0. The van der Waals surface area contributed by atoms with Gasteiger partial charge in [0, 0.05) is 33.6 Å². The van der Waals surface area contributed by atoms with Gasteiger partial charge in [0.05, 0.1) is 22.7 Å². The van der Waals surface area contributed by atoms with Crippen LogP contribution in [0.2, 0.25) is 0 Å². The summed E-state index contributed by atoms with van der Waals surface area (Å²) in [4.78, 5) is 4.72. The standard InChI is InChI=1S/C36H34N4/c1-35(2)27-9-5-7-11-31(27)39(32-12-8-6-10-28(32)35)25-15-17-26(18-16-25)40-33-19-13-23(37)21-29(33)36(3,4)30-22-24(38)14-20-34(30)40/h5-22H,37-38H2,1-4H3. The molecular weight excluding hydrogens is 488 g/mol. The van der Waals surface area contributed by atoms with E-state index in [1.807, 2.05) is 12.1 Å². The van der Waals surface area contributed by atoms with Gasteiger partial charge in [-0.15, -0.1) is 0 Å². The molecule has 4 nitrogen and oxygen atoms in total. The number of fused-ring (bicyclic) bond motifs is 4.